The van der Waals surface area contributed by atoms with E-state index in [0.717, 1.165) is 19.0 Å². The van der Waals surface area contributed by atoms with E-state index >= 15 is 0 Å². The van der Waals surface area contributed by atoms with Gasteiger partial charge in [0, 0.05) is 12.7 Å². The Morgan fingerprint density at radius 2 is 2.05 bits per heavy atom. The molecular formula is C13H14ClF3N4. The molecule has 0 bridgehead atoms. The van der Waals surface area contributed by atoms with Crippen LogP contribution in [0.1, 0.15) is 24.7 Å². The zero-order chi connectivity index (χ0) is 15.5. The molecule has 1 N–H and O–H groups in total. The minimum Gasteiger partial charge on any atom is -0.370 e. The summed E-state index contributed by atoms with van der Waals surface area (Å²) in [5, 5.41) is 6.97. The van der Waals surface area contributed by atoms with Crippen LogP contribution in [0.15, 0.2) is 24.4 Å². The van der Waals surface area contributed by atoms with Gasteiger partial charge in [-0.25, -0.2) is 4.98 Å². The van der Waals surface area contributed by atoms with Crippen molar-refractivity contribution >= 4 is 17.4 Å². The molecule has 0 amide bonds. The van der Waals surface area contributed by atoms with Crippen LogP contribution in [-0.4, -0.2) is 21.3 Å². The number of hydrogen-bond donors (Lipinski definition) is 1. The van der Waals surface area contributed by atoms with Crippen LogP contribution in [0.25, 0.3) is 0 Å². The van der Waals surface area contributed by atoms with Crippen LogP contribution in [0, 0.1) is 0 Å². The van der Waals surface area contributed by atoms with Crippen LogP contribution >= 0.6 is 11.6 Å². The van der Waals surface area contributed by atoms with Crippen LogP contribution in [0.4, 0.5) is 19.0 Å². The lowest BCUT2D eigenvalue weighted by atomic mass is 10.3. The molecule has 0 saturated heterocycles. The average molecular weight is 319 g/mol. The quantitative estimate of drug-likeness (QED) is 0.911. The van der Waals surface area contributed by atoms with Gasteiger partial charge < -0.3 is 5.32 Å². The minimum absolute atomic E-state index is 0.0799. The number of nitrogens with zero attached hydrogens (tertiary/aromatic N) is 3. The van der Waals surface area contributed by atoms with E-state index in [1.807, 2.05) is 6.92 Å². The van der Waals surface area contributed by atoms with E-state index in [1.165, 1.54) is 10.9 Å². The van der Waals surface area contributed by atoms with Crippen molar-refractivity contribution < 1.29 is 13.2 Å². The van der Waals surface area contributed by atoms with Crippen molar-refractivity contribution in [3.8, 4) is 0 Å². The number of nitrogens with one attached hydrogen (secondary N) is 1. The molecule has 0 aliphatic heterocycles. The van der Waals surface area contributed by atoms with Gasteiger partial charge in [0.1, 0.15) is 5.82 Å². The molecule has 2 aromatic heterocycles. The van der Waals surface area contributed by atoms with E-state index in [0.29, 0.717) is 16.5 Å². The normalized spacial score (nSPS) is 11.7. The summed E-state index contributed by atoms with van der Waals surface area (Å²) in [6, 6.07) is 4.31. The molecule has 0 aromatic carbocycles. The first-order chi connectivity index (χ1) is 9.90. The van der Waals surface area contributed by atoms with E-state index in [4.69, 9.17) is 11.6 Å². The van der Waals surface area contributed by atoms with Crippen molar-refractivity contribution in [2.45, 2.75) is 26.1 Å². The number of halogens is 4. The van der Waals surface area contributed by atoms with E-state index in [9.17, 15) is 13.2 Å². The maximum absolute atomic E-state index is 12.5. The molecule has 4 nitrogen and oxygen atoms in total. The number of pyridine rings is 1. The maximum Gasteiger partial charge on any atom is 0.435 e. The zero-order valence-electron chi connectivity index (χ0n) is 11.3. The summed E-state index contributed by atoms with van der Waals surface area (Å²) in [5.41, 5.74) is -0.464. The van der Waals surface area contributed by atoms with E-state index in [-0.39, 0.29) is 6.54 Å². The zero-order valence-corrected chi connectivity index (χ0v) is 12.0. The SMILES string of the molecule is CCCNc1ccc(Cl)c(Cn2ccc(C(F)(F)F)n2)n1. The van der Waals surface area contributed by atoms with Crippen molar-refractivity contribution in [3.63, 3.8) is 0 Å². The second kappa shape index (κ2) is 6.34. The Balaban J connectivity index is 2.16. The predicted molar refractivity (Wildman–Crippen MR) is 74.4 cm³/mol. The number of aromatic nitrogens is 3. The third-order valence-electron chi connectivity index (χ3n) is 2.72. The van der Waals surface area contributed by atoms with Gasteiger partial charge in [-0.05, 0) is 24.6 Å². The van der Waals surface area contributed by atoms with E-state index in [1.54, 1.807) is 12.1 Å². The average Bonchev–Trinajstić information content (AvgIpc) is 2.88. The third-order valence-corrected chi connectivity index (χ3v) is 3.06. The highest BCUT2D eigenvalue weighted by molar-refractivity contribution is 6.31. The second-order valence-electron chi connectivity index (χ2n) is 4.45. The Labute approximate surface area is 124 Å². The lowest BCUT2D eigenvalue weighted by molar-refractivity contribution is -0.141. The fourth-order valence-electron chi connectivity index (χ4n) is 1.70. The number of anilines is 1. The van der Waals surface area contributed by atoms with E-state index in [2.05, 4.69) is 15.4 Å². The molecule has 21 heavy (non-hydrogen) atoms. The van der Waals surface area contributed by atoms with Crippen LogP contribution in [0.5, 0.6) is 0 Å². The molecule has 114 valence electrons. The van der Waals surface area contributed by atoms with Gasteiger partial charge in [0.15, 0.2) is 5.69 Å². The Morgan fingerprint density at radius 3 is 2.67 bits per heavy atom. The number of rotatable bonds is 5. The Morgan fingerprint density at radius 1 is 1.29 bits per heavy atom. The predicted octanol–water partition coefficient (Wildman–Crippen LogP) is 3.82. The minimum atomic E-state index is -4.45. The summed E-state index contributed by atoms with van der Waals surface area (Å²) in [4.78, 5) is 4.29. The van der Waals surface area contributed by atoms with Crippen molar-refractivity contribution in [1.82, 2.24) is 14.8 Å². The fraction of sp³-hybridized carbons (Fsp3) is 0.385. The van der Waals surface area contributed by atoms with Crippen LogP contribution in [-0.2, 0) is 12.7 Å². The third kappa shape index (κ3) is 4.10. The monoisotopic (exact) mass is 318 g/mol. The van der Waals surface area contributed by atoms with Crippen molar-refractivity contribution in [2.24, 2.45) is 0 Å². The molecule has 0 aliphatic rings. The van der Waals surface area contributed by atoms with Gasteiger partial charge in [-0.2, -0.15) is 18.3 Å². The number of hydrogen-bond acceptors (Lipinski definition) is 3. The molecule has 0 radical (unpaired) electrons. The van der Waals surface area contributed by atoms with E-state index < -0.39 is 11.9 Å². The van der Waals surface area contributed by atoms with Crippen molar-refractivity contribution in [1.29, 1.82) is 0 Å². The highest BCUT2D eigenvalue weighted by atomic mass is 35.5. The van der Waals surface area contributed by atoms with Gasteiger partial charge >= 0.3 is 6.18 Å². The summed E-state index contributed by atoms with van der Waals surface area (Å²) in [6.45, 7) is 2.86. The topological polar surface area (TPSA) is 42.7 Å². The Hall–Kier alpha value is -1.76. The fourth-order valence-corrected chi connectivity index (χ4v) is 1.87. The molecule has 2 heterocycles. The van der Waals surface area contributed by atoms with Crippen LogP contribution in [0.2, 0.25) is 5.02 Å². The molecule has 0 fully saturated rings. The van der Waals surface area contributed by atoms with Crippen molar-refractivity contribution in [2.75, 3.05) is 11.9 Å². The molecule has 0 aliphatic carbocycles. The van der Waals surface area contributed by atoms with Crippen molar-refractivity contribution in [3.05, 3.63) is 40.8 Å². The molecule has 8 heteroatoms. The maximum atomic E-state index is 12.5. The molecule has 0 atom stereocenters. The summed E-state index contributed by atoms with van der Waals surface area (Å²) in [5.74, 6) is 0.638. The second-order valence-corrected chi connectivity index (χ2v) is 4.86. The molecule has 0 spiro atoms. The first kappa shape index (κ1) is 15.6. The van der Waals surface area contributed by atoms with Gasteiger partial charge in [-0.15, -0.1) is 0 Å². The smallest absolute Gasteiger partial charge is 0.370 e. The van der Waals surface area contributed by atoms with Crippen LogP contribution < -0.4 is 5.32 Å². The van der Waals surface area contributed by atoms with Gasteiger partial charge in [0.05, 0.1) is 17.3 Å². The summed E-state index contributed by atoms with van der Waals surface area (Å²) >= 11 is 6.02. The van der Waals surface area contributed by atoms with Gasteiger partial charge in [-0.1, -0.05) is 18.5 Å². The lowest BCUT2D eigenvalue weighted by Crippen LogP contribution is -2.10. The molecule has 0 unspecified atom stereocenters. The first-order valence-electron chi connectivity index (χ1n) is 6.40. The van der Waals surface area contributed by atoms with Gasteiger partial charge in [0.25, 0.3) is 0 Å². The summed E-state index contributed by atoms with van der Waals surface area (Å²) < 4.78 is 38.7. The molecule has 2 aromatic rings. The Bertz CT molecular complexity index is 610. The summed E-state index contributed by atoms with van der Waals surface area (Å²) in [6.07, 6.45) is -2.26. The first-order valence-corrected chi connectivity index (χ1v) is 6.78. The largest absolute Gasteiger partial charge is 0.435 e. The Kier molecular flexibility index (Phi) is 4.72. The van der Waals surface area contributed by atoms with Crippen LogP contribution in [0.3, 0.4) is 0 Å². The highest BCUT2D eigenvalue weighted by Gasteiger charge is 2.33. The summed E-state index contributed by atoms with van der Waals surface area (Å²) in [7, 11) is 0. The lowest BCUT2D eigenvalue weighted by Gasteiger charge is -2.08. The highest BCUT2D eigenvalue weighted by Crippen LogP contribution is 2.27. The van der Waals surface area contributed by atoms with Gasteiger partial charge in [-0.3, -0.25) is 4.68 Å². The van der Waals surface area contributed by atoms with Gasteiger partial charge in [0.2, 0.25) is 0 Å². The molecular weight excluding hydrogens is 305 g/mol. The molecule has 0 saturated carbocycles. The standard InChI is InChI=1S/C13H14ClF3N4/c1-2-6-18-12-4-3-9(14)10(19-12)8-21-7-5-11(20-21)13(15,16)17/h3-5,7H,2,6,8H2,1H3,(H,18,19). The number of alkyl halides is 3. The molecule has 2 rings (SSSR count).